The van der Waals surface area contributed by atoms with Crippen LogP contribution in [0.5, 0.6) is 5.75 Å². The van der Waals surface area contributed by atoms with Gasteiger partial charge in [-0.25, -0.2) is 8.42 Å². The average molecular weight is 538 g/mol. The summed E-state index contributed by atoms with van der Waals surface area (Å²) in [6.07, 6.45) is 0.751. The third kappa shape index (κ3) is 7.13. The van der Waals surface area contributed by atoms with Crippen molar-refractivity contribution in [2.45, 2.75) is 44.7 Å². The van der Waals surface area contributed by atoms with E-state index in [0.29, 0.717) is 18.0 Å². The number of methoxy groups -OCH3 is 1. The summed E-state index contributed by atoms with van der Waals surface area (Å²) in [7, 11) is -2.50. The number of anilines is 1. The molecule has 0 saturated carbocycles. The van der Waals surface area contributed by atoms with Crippen molar-refractivity contribution in [1.82, 2.24) is 10.2 Å². The van der Waals surface area contributed by atoms with E-state index >= 15 is 0 Å². The monoisotopic (exact) mass is 537 g/mol. The highest BCUT2D eigenvalue weighted by Crippen LogP contribution is 2.25. The molecule has 8 nitrogen and oxygen atoms in total. The predicted octanol–water partition coefficient (Wildman–Crippen LogP) is 4.14. The number of rotatable bonds is 12. The van der Waals surface area contributed by atoms with Gasteiger partial charge in [0.05, 0.1) is 17.7 Å². The van der Waals surface area contributed by atoms with Crippen LogP contribution in [0.25, 0.3) is 0 Å². The number of nitrogens with zero attached hydrogens (tertiary/aromatic N) is 2. The van der Waals surface area contributed by atoms with Gasteiger partial charge in [0.1, 0.15) is 18.3 Å². The maximum atomic E-state index is 13.8. The van der Waals surface area contributed by atoms with Gasteiger partial charge in [-0.2, -0.15) is 0 Å². The molecule has 1 N–H and O–H groups in total. The van der Waals surface area contributed by atoms with Gasteiger partial charge in [0.2, 0.25) is 11.8 Å². The molecule has 0 bridgehead atoms. The van der Waals surface area contributed by atoms with E-state index in [0.717, 1.165) is 21.9 Å². The first-order valence-electron chi connectivity index (χ1n) is 12.5. The predicted molar refractivity (Wildman–Crippen MR) is 148 cm³/mol. The summed E-state index contributed by atoms with van der Waals surface area (Å²) >= 11 is 0. The Kier molecular flexibility index (Phi) is 9.90. The summed E-state index contributed by atoms with van der Waals surface area (Å²) in [5, 5.41) is 2.83. The Morgan fingerprint density at radius 3 is 2.16 bits per heavy atom. The largest absolute Gasteiger partial charge is 0.497 e. The zero-order chi connectivity index (χ0) is 27.7. The number of amides is 2. The van der Waals surface area contributed by atoms with Gasteiger partial charge in [0.15, 0.2) is 0 Å². The van der Waals surface area contributed by atoms with Crippen LogP contribution in [0.1, 0.15) is 31.4 Å². The number of hydrogen-bond acceptors (Lipinski definition) is 5. The van der Waals surface area contributed by atoms with Crippen molar-refractivity contribution in [3.05, 3.63) is 90.0 Å². The highest BCUT2D eigenvalue weighted by Gasteiger charge is 2.32. The molecule has 9 heteroatoms. The normalized spacial score (nSPS) is 11.9. The first kappa shape index (κ1) is 28.7. The zero-order valence-corrected chi connectivity index (χ0v) is 23.1. The Morgan fingerprint density at radius 1 is 0.947 bits per heavy atom. The van der Waals surface area contributed by atoms with Gasteiger partial charge in [0, 0.05) is 13.1 Å². The molecular formula is C29H35N3O5S. The minimum atomic E-state index is -4.07. The van der Waals surface area contributed by atoms with Gasteiger partial charge in [-0.15, -0.1) is 0 Å². The summed E-state index contributed by atoms with van der Waals surface area (Å²) in [5.41, 5.74) is 2.10. The highest BCUT2D eigenvalue weighted by atomic mass is 32.2. The molecule has 0 aliphatic rings. The molecule has 0 aliphatic carbocycles. The lowest BCUT2D eigenvalue weighted by Crippen LogP contribution is -2.51. The SMILES string of the molecule is CCCNC(=O)[C@H](C)N(Cc1ccc(OC)cc1)C(=O)CN(c1ccc(C)cc1)S(=O)(=O)c1ccccc1. The molecule has 0 saturated heterocycles. The van der Waals surface area contributed by atoms with Crippen molar-refractivity contribution in [2.24, 2.45) is 0 Å². The molecule has 202 valence electrons. The van der Waals surface area contributed by atoms with Gasteiger partial charge < -0.3 is 15.0 Å². The molecule has 38 heavy (non-hydrogen) atoms. The first-order valence-corrected chi connectivity index (χ1v) is 14.0. The van der Waals surface area contributed by atoms with Gasteiger partial charge in [-0.3, -0.25) is 13.9 Å². The molecule has 0 radical (unpaired) electrons. The minimum Gasteiger partial charge on any atom is -0.497 e. The second-order valence-electron chi connectivity index (χ2n) is 9.00. The van der Waals surface area contributed by atoms with Gasteiger partial charge in [-0.1, -0.05) is 55.0 Å². The van der Waals surface area contributed by atoms with Crippen LogP contribution in [-0.4, -0.2) is 51.4 Å². The topological polar surface area (TPSA) is 96.0 Å². The van der Waals surface area contributed by atoms with Crippen LogP contribution in [-0.2, 0) is 26.2 Å². The maximum Gasteiger partial charge on any atom is 0.264 e. The van der Waals surface area contributed by atoms with Crippen LogP contribution >= 0.6 is 0 Å². The van der Waals surface area contributed by atoms with Crippen molar-refractivity contribution in [2.75, 3.05) is 24.5 Å². The molecule has 2 amide bonds. The molecular weight excluding hydrogens is 502 g/mol. The molecule has 0 heterocycles. The number of ether oxygens (including phenoxy) is 1. The lowest BCUT2D eigenvalue weighted by atomic mass is 10.1. The van der Waals surface area contributed by atoms with Crippen LogP contribution in [0.4, 0.5) is 5.69 Å². The van der Waals surface area contributed by atoms with Crippen molar-refractivity contribution >= 4 is 27.5 Å². The molecule has 0 aromatic heterocycles. The van der Waals surface area contributed by atoms with Gasteiger partial charge >= 0.3 is 0 Å². The summed E-state index contributed by atoms with van der Waals surface area (Å²) in [6, 6.07) is 21.3. The fourth-order valence-electron chi connectivity index (χ4n) is 3.87. The molecule has 3 aromatic carbocycles. The fraction of sp³-hybridized carbons (Fsp3) is 0.310. The standard InChI is InChI=1S/C29H35N3O5S/c1-5-19-30-29(34)23(3)31(20-24-13-17-26(37-4)18-14-24)28(33)21-32(25-15-11-22(2)12-16-25)38(35,36)27-9-7-6-8-10-27/h6-18,23H,5,19-21H2,1-4H3,(H,30,34)/t23-/m0/s1. The molecule has 0 spiro atoms. The van der Waals surface area contributed by atoms with Gasteiger partial charge in [-0.05, 0) is 62.2 Å². The fourth-order valence-corrected chi connectivity index (χ4v) is 5.30. The Labute approximate surface area is 225 Å². The van der Waals surface area contributed by atoms with E-state index in [-0.39, 0.29) is 17.3 Å². The van der Waals surface area contributed by atoms with E-state index < -0.39 is 28.5 Å². The first-order chi connectivity index (χ1) is 18.2. The average Bonchev–Trinajstić information content (AvgIpc) is 2.94. The van der Waals surface area contributed by atoms with E-state index in [1.165, 1.54) is 17.0 Å². The molecule has 1 atom stereocenters. The van der Waals surface area contributed by atoms with Crippen LogP contribution in [0.15, 0.2) is 83.8 Å². The Morgan fingerprint density at radius 2 is 1.58 bits per heavy atom. The summed E-state index contributed by atoms with van der Waals surface area (Å²) in [6.45, 7) is 5.62. The molecule has 3 rings (SSSR count). The Balaban J connectivity index is 1.99. The Hall–Kier alpha value is -3.85. The summed E-state index contributed by atoms with van der Waals surface area (Å²) in [4.78, 5) is 28.2. The van der Waals surface area contributed by atoms with Crippen molar-refractivity contribution in [3.8, 4) is 5.75 Å². The quantitative estimate of drug-likeness (QED) is 0.375. The van der Waals surface area contributed by atoms with E-state index in [9.17, 15) is 18.0 Å². The van der Waals surface area contributed by atoms with E-state index in [2.05, 4.69) is 5.32 Å². The number of carbonyl (C=O) groups is 2. The highest BCUT2D eigenvalue weighted by molar-refractivity contribution is 7.92. The van der Waals surface area contributed by atoms with Crippen LogP contribution in [0.2, 0.25) is 0 Å². The summed E-state index contributed by atoms with van der Waals surface area (Å²) in [5.74, 6) is -0.138. The molecule has 0 fully saturated rings. The maximum absolute atomic E-state index is 13.8. The Bertz CT molecular complexity index is 1310. The third-order valence-corrected chi connectivity index (χ3v) is 7.95. The molecule has 0 aliphatic heterocycles. The van der Waals surface area contributed by atoms with Gasteiger partial charge in [0.25, 0.3) is 10.0 Å². The van der Waals surface area contributed by atoms with Crippen molar-refractivity contribution < 1.29 is 22.7 Å². The summed E-state index contributed by atoms with van der Waals surface area (Å²) < 4.78 is 33.7. The third-order valence-electron chi connectivity index (χ3n) is 6.16. The number of carbonyl (C=O) groups excluding carboxylic acids is 2. The van der Waals surface area contributed by atoms with Crippen LogP contribution < -0.4 is 14.4 Å². The number of benzene rings is 3. The smallest absolute Gasteiger partial charge is 0.264 e. The zero-order valence-electron chi connectivity index (χ0n) is 22.3. The number of nitrogens with one attached hydrogen (secondary N) is 1. The molecule has 3 aromatic rings. The van der Waals surface area contributed by atoms with E-state index in [4.69, 9.17) is 4.74 Å². The minimum absolute atomic E-state index is 0.0730. The lowest BCUT2D eigenvalue weighted by Gasteiger charge is -2.32. The van der Waals surface area contributed by atoms with Crippen LogP contribution in [0.3, 0.4) is 0 Å². The second kappa shape index (κ2) is 13.1. The molecule has 0 unspecified atom stereocenters. The van der Waals surface area contributed by atoms with Crippen LogP contribution in [0, 0.1) is 6.92 Å². The van der Waals surface area contributed by atoms with Crippen molar-refractivity contribution in [1.29, 1.82) is 0 Å². The lowest BCUT2D eigenvalue weighted by molar-refractivity contribution is -0.139. The van der Waals surface area contributed by atoms with E-state index in [1.54, 1.807) is 68.6 Å². The second-order valence-corrected chi connectivity index (χ2v) is 10.9. The van der Waals surface area contributed by atoms with Crippen molar-refractivity contribution in [3.63, 3.8) is 0 Å². The number of hydrogen-bond donors (Lipinski definition) is 1. The number of aryl methyl sites for hydroxylation is 1. The number of sulfonamides is 1. The van der Waals surface area contributed by atoms with E-state index in [1.807, 2.05) is 26.0 Å².